The largest absolute Gasteiger partial charge is 0.451 e. The molecule has 0 bridgehead atoms. The summed E-state index contributed by atoms with van der Waals surface area (Å²) in [6.45, 7) is 0. The zero-order valence-electron chi connectivity index (χ0n) is 11.3. The molecule has 108 valence electrons. The van der Waals surface area contributed by atoms with E-state index in [1.54, 1.807) is 42.6 Å². The monoisotopic (exact) mass is 294 g/mol. The lowest BCUT2D eigenvalue weighted by Crippen LogP contribution is -2.09. The second kappa shape index (κ2) is 6.01. The molecule has 2 heterocycles. The lowest BCUT2D eigenvalue weighted by molar-refractivity contribution is 0.0728. The molecule has 3 rings (SSSR count). The molecule has 0 saturated carbocycles. The van der Waals surface area contributed by atoms with Crippen LogP contribution in [-0.2, 0) is 0 Å². The molecule has 0 aliphatic heterocycles. The fourth-order valence-electron chi connectivity index (χ4n) is 1.81. The molecule has 0 aliphatic carbocycles. The van der Waals surface area contributed by atoms with Crippen molar-refractivity contribution in [2.45, 2.75) is 0 Å². The van der Waals surface area contributed by atoms with Gasteiger partial charge in [0.2, 0.25) is 0 Å². The fraction of sp³-hybridized carbons (Fsp3) is 0. The van der Waals surface area contributed by atoms with Gasteiger partial charge in [0, 0.05) is 23.5 Å². The average molecular weight is 294 g/mol. The summed E-state index contributed by atoms with van der Waals surface area (Å²) in [7, 11) is 0. The van der Waals surface area contributed by atoms with E-state index in [2.05, 4.69) is 9.97 Å². The third-order valence-electron chi connectivity index (χ3n) is 2.89. The van der Waals surface area contributed by atoms with Gasteiger partial charge in [-0.05, 0) is 36.4 Å². The van der Waals surface area contributed by atoms with Gasteiger partial charge in [0.15, 0.2) is 17.9 Å². The number of pyridine rings is 1. The molecule has 0 saturated heterocycles. The van der Waals surface area contributed by atoms with Crippen LogP contribution >= 0.6 is 0 Å². The van der Waals surface area contributed by atoms with E-state index in [0.717, 1.165) is 6.39 Å². The number of rotatable bonds is 4. The van der Waals surface area contributed by atoms with Crippen molar-refractivity contribution in [2.75, 3.05) is 0 Å². The summed E-state index contributed by atoms with van der Waals surface area (Å²) in [6.07, 6.45) is 5.44. The van der Waals surface area contributed by atoms with E-state index in [9.17, 15) is 9.59 Å². The SMILES string of the molecule is O=C(c1ccc(OC(=O)c2cocn2)cc1)c1cccnc1. The molecule has 0 fully saturated rings. The van der Waals surface area contributed by atoms with Crippen LogP contribution < -0.4 is 4.74 Å². The van der Waals surface area contributed by atoms with E-state index in [4.69, 9.17) is 9.15 Å². The first kappa shape index (κ1) is 13.7. The Morgan fingerprint density at radius 3 is 2.50 bits per heavy atom. The molecule has 0 radical (unpaired) electrons. The molecule has 0 amide bonds. The molecule has 0 atom stereocenters. The lowest BCUT2D eigenvalue weighted by Gasteiger charge is -2.04. The van der Waals surface area contributed by atoms with Crippen molar-refractivity contribution in [3.8, 4) is 5.75 Å². The van der Waals surface area contributed by atoms with Crippen molar-refractivity contribution in [1.82, 2.24) is 9.97 Å². The predicted octanol–water partition coefficient (Wildman–Crippen LogP) is 2.52. The molecule has 0 unspecified atom stereocenters. The first-order valence-electron chi connectivity index (χ1n) is 6.39. The van der Waals surface area contributed by atoms with Crippen LogP contribution in [0, 0.1) is 0 Å². The van der Waals surface area contributed by atoms with Gasteiger partial charge in [-0.3, -0.25) is 9.78 Å². The third kappa shape index (κ3) is 2.90. The number of esters is 1. The molecule has 0 N–H and O–H groups in total. The minimum atomic E-state index is -0.625. The molecule has 1 aromatic carbocycles. The first-order valence-corrected chi connectivity index (χ1v) is 6.39. The summed E-state index contributed by atoms with van der Waals surface area (Å²) in [6, 6.07) is 9.64. The number of nitrogens with zero attached hydrogens (tertiary/aromatic N) is 2. The quantitative estimate of drug-likeness (QED) is 0.418. The molecule has 0 aliphatic rings. The number of carbonyl (C=O) groups excluding carboxylic acids is 2. The molecule has 2 aromatic heterocycles. The highest BCUT2D eigenvalue weighted by molar-refractivity contribution is 6.08. The highest BCUT2D eigenvalue weighted by atomic mass is 16.5. The van der Waals surface area contributed by atoms with E-state index < -0.39 is 5.97 Å². The van der Waals surface area contributed by atoms with Crippen LogP contribution in [0.5, 0.6) is 5.75 Å². The average Bonchev–Trinajstić information content (AvgIpc) is 3.10. The summed E-state index contributed by atoms with van der Waals surface area (Å²) in [5.74, 6) is -0.460. The van der Waals surface area contributed by atoms with Gasteiger partial charge in [-0.2, -0.15) is 0 Å². The van der Waals surface area contributed by atoms with Gasteiger partial charge in [0.25, 0.3) is 0 Å². The highest BCUT2D eigenvalue weighted by Crippen LogP contribution is 2.16. The maximum Gasteiger partial charge on any atom is 0.365 e. The minimum Gasteiger partial charge on any atom is -0.451 e. The maximum atomic E-state index is 12.2. The minimum absolute atomic E-state index is 0.0792. The van der Waals surface area contributed by atoms with Crippen molar-refractivity contribution in [2.24, 2.45) is 0 Å². The Hall–Kier alpha value is -3.28. The Morgan fingerprint density at radius 2 is 1.86 bits per heavy atom. The van der Waals surface area contributed by atoms with Crippen LogP contribution in [-0.4, -0.2) is 21.7 Å². The number of ketones is 1. The Bertz CT molecular complexity index is 781. The van der Waals surface area contributed by atoms with Crippen molar-refractivity contribution >= 4 is 11.8 Å². The van der Waals surface area contributed by atoms with Gasteiger partial charge in [-0.15, -0.1) is 0 Å². The smallest absolute Gasteiger partial charge is 0.365 e. The molecule has 6 heteroatoms. The maximum absolute atomic E-state index is 12.2. The Kier molecular flexibility index (Phi) is 3.74. The topological polar surface area (TPSA) is 82.3 Å². The van der Waals surface area contributed by atoms with Gasteiger partial charge in [0.1, 0.15) is 12.0 Å². The lowest BCUT2D eigenvalue weighted by atomic mass is 10.1. The number of carbonyl (C=O) groups is 2. The summed E-state index contributed by atoms with van der Waals surface area (Å²) in [5, 5.41) is 0. The predicted molar refractivity (Wildman–Crippen MR) is 75.6 cm³/mol. The normalized spacial score (nSPS) is 10.2. The van der Waals surface area contributed by atoms with Crippen molar-refractivity contribution in [3.63, 3.8) is 0 Å². The molecule has 0 spiro atoms. The third-order valence-corrected chi connectivity index (χ3v) is 2.89. The first-order chi connectivity index (χ1) is 10.7. The van der Waals surface area contributed by atoms with Gasteiger partial charge < -0.3 is 9.15 Å². The Balaban J connectivity index is 1.73. The zero-order valence-corrected chi connectivity index (χ0v) is 11.3. The van der Waals surface area contributed by atoms with E-state index in [0.29, 0.717) is 16.9 Å². The van der Waals surface area contributed by atoms with Crippen LogP contribution in [0.15, 0.2) is 65.9 Å². The summed E-state index contributed by atoms with van der Waals surface area (Å²) in [4.78, 5) is 31.5. The van der Waals surface area contributed by atoms with Crippen molar-refractivity contribution in [1.29, 1.82) is 0 Å². The van der Waals surface area contributed by atoms with Gasteiger partial charge in [-0.25, -0.2) is 9.78 Å². The molecular weight excluding hydrogens is 284 g/mol. The highest BCUT2D eigenvalue weighted by Gasteiger charge is 2.13. The van der Waals surface area contributed by atoms with Crippen LogP contribution in [0.3, 0.4) is 0 Å². The zero-order chi connectivity index (χ0) is 15.4. The summed E-state index contributed by atoms with van der Waals surface area (Å²) in [5.41, 5.74) is 1.06. The molecular formula is C16H10N2O4. The van der Waals surface area contributed by atoms with Gasteiger partial charge in [0.05, 0.1) is 0 Å². The van der Waals surface area contributed by atoms with E-state index in [-0.39, 0.29) is 11.5 Å². The number of oxazole rings is 1. The number of hydrogen-bond donors (Lipinski definition) is 0. The fourth-order valence-corrected chi connectivity index (χ4v) is 1.81. The second-order valence-corrected chi connectivity index (χ2v) is 4.36. The van der Waals surface area contributed by atoms with Crippen molar-refractivity contribution < 1.29 is 18.7 Å². The van der Waals surface area contributed by atoms with Crippen LogP contribution in [0.1, 0.15) is 26.4 Å². The standard InChI is InChI=1S/C16H10N2O4/c19-15(12-2-1-7-17-8-12)11-3-5-13(6-4-11)22-16(20)14-9-21-10-18-14/h1-10H. The van der Waals surface area contributed by atoms with E-state index >= 15 is 0 Å². The summed E-state index contributed by atoms with van der Waals surface area (Å²) >= 11 is 0. The number of ether oxygens (including phenoxy) is 1. The van der Waals surface area contributed by atoms with Crippen molar-refractivity contribution in [3.05, 3.63) is 78.3 Å². The number of aromatic nitrogens is 2. The van der Waals surface area contributed by atoms with E-state index in [1.807, 2.05) is 0 Å². The summed E-state index contributed by atoms with van der Waals surface area (Å²) < 4.78 is 9.82. The van der Waals surface area contributed by atoms with Crippen LogP contribution in [0.4, 0.5) is 0 Å². The molecule has 3 aromatic rings. The van der Waals surface area contributed by atoms with Gasteiger partial charge in [-0.1, -0.05) is 0 Å². The molecule has 22 heavy (non-hydrogen) atoms. The Labute approximate surface area is 125 Å². The van der Waals surface area contributed by atoms with Crippen LogP contribution in [0.25, 0.3) is 0 Å². The number of benzene rings is 1. The Morgan fingerprint density at radius 1 is 1.05 bits per heavy atom. The van der Waals surface area contributed by atoms with E-state index in [1.165, 1.54) is 12.5 Å². The van der Waals surface area contributed by atoms with Crippen LogP contribution in [0.2, 0.25) is 0 Å². The van der Waals surface area contributed by atoms with Gasteiger partial charge >= 0.3 is 5.97 Å². The molecule has 6 nitrogen and oxygen atoms in total. The second-order valence-electron chi connectivity index (χ2n) is 4.36. The number of hydrogen-bond acceptors (Lipinski definition) is 6.